The predicted molar refractivity (Wildman–Crippen MR) is 75.9 cm³/mol. The molecule has 1 aromatic heterocycles. The Hall–Kier alpha value is -1.03. The van der Waals surface area contributed by atoms with Crippen LogP contribution in [0.25, 0.3) is 0 Å². The molecule has 0 fully saturated rings. The van der Waals surface area contributed by atoms with Crippen LogP contribution in [0, 0.1) is 5.41 Å². The number of hydrogen-bond donors (Lipinski definition) is 0. The van der Waals surface area contributed by atoms with Crippen molar-refractivity contribution in [3.05, 3.63) is 24.0 Å². The molecule has 17 heavy (non-hydrogen) atoms. The summed E-state index contributed by atoms with van der Waals surface area (Å²) in [6, 6.07) is 2.02. The highest BCUT2D eigenvalue weighted by atomic mass is 32.2. The fraction of sp³-hybridized carbons (Fsp3) is 0.538. The minimum Gasteiger partial charge on any atom is -0.339 e. The molecular weight excluding hydrogens is 230 g/mol. The number of anilines is 1. The van der Waals surface area contributed by atoms with E-state index in [-0.39, 0.29) is 10.9 Å². The highest BCUT2D eigenvalue weighted by molar-refractivity contribution is 7.99. The Labute approximate surface area is 107 Å². The highest BCUT2D eigenvalue weighted by Gasteiger charge is 2.26. The van der Waals surface area contributed by atoms with Crippen molar-refractivity contribution in [1.29, 1.82) is 0 Å². The monoisotopic (exact) mass is 249 g/mol. The van der Waals surface area contributed by atoms with Gasteiger partial charge in [0, 0.05) is 24.5 Å². The first-order valence-corrected chi connectivity index (χ1v) is 7.07. The van der Waals surface area contributed by atoms with E-state index in [9.17, 15) is 0 Å². The molecule has 0 amide bonds. The molecule has 1 aliphatic rings. The lowest BCUT2D eigenvalue weighted by Crippen LogP contribution is -2.40. The van der Waals surface area contributed by atoms with E-state index in [0.29, 0.717) is 0 Å². The van der Waals surface area contributed by atoms with E-state index in [4.69, 9.17) is 0 Å². The largest absolute Gasteiger partial charge is 0.339 e. The van der Waals surface area contributed by atoms with E-state index in [1.165, 1.54) is 5.69 Å². The lowest BCUT2D eigenvalue weighted by Gasteiger charge is -2.37. The second-order valence-electron chi connectivity index (χ2n) is 5.46. The van der Waals surface area contributed by atoms with E-state index in [0.717, 1.165) is 12.1 Å². The Bertz CT molecular complexity index is 423. The van der Waals surface area contributed by atoms with Gasteiger partial charge in [0.15, 0.2) is 5.50 Å². The summed E-state index contributed by atoms with van der Waals surface area (Å²) in [7, 11) is 0. The third kappa shape index (κ3) is 2.80. The molecule has 0 bridgehead atoms. The van der Waals surface area contributed by atoms with E-state index in [2.05, 4.69) is 41.9 Å². The number of hydrogen-bond acceptors (Lipinski definition) is 4. The molecule has 2 heterocycles. The Morgan fingerprint density at radius 1 is 1.41 bits per heavy atom. The van der Waals surface area contributed by atoms with Gasteiger partial charge in [0.25, 0.3) is 0 Å². The minimum atomic E-state index is 0.172. The fourth-order valence-electron chi connectivity index (χ4n) is 1.95. The first kappa shape index (κ1) is 12.4. The Balaban J connectivity index is 2.35. The summed E-state index contributed by atoms with van der Waals surface area (Å²) in [5, 5.41) is 0. The van der Waals surface area contributed by atoms with Crippen LogP contribution in [-0.2, 0) is 0 Å². The summed E-state index contributed by atoms with van der Waals surface area (Å²) < 4.78 is 0. The number of thioether (sulfide) groups is 1. The van der Waals surface area contributed by atoms with Crippen molar-refractivity contribution in [3.8, 4) is 0 Å². The van der Waals surface area contributed by atoms with Crippen molar-refractivity contribution in [1.82, 2.24) is 4.98 Å². The van der Waals surface area contributed by atoms with Gasteiger partial charge >= 0.3 is 0 Å². The molecule has 1 unspecified atom stereocenters. The standard InChI is InChI=1S/C13H19N3S/c1-13(2,3)9-16-11-8-14-6-5-10(11)7-15-12(16)17-4/h5-8,12H,9H2,1-4H3. The van der Waals surface area contributed by atoms with Gasteiger partial charge in [-0.15, -0.1) is 11.8 Å². The van der Waals surface area contributed by atoms with Gasteiger partial charge in [-0.05, 0) is 17.7 Å². The van der Waals surface area contributed by atoms with E-state index < -0.39 is 0 Å². The van der Waals surface area contributed by atoms with Gasteiger partial charge in [-0.1, -0.05) is 20.8 Å². The number of aromatic nitrogens is 1. The van der Waals surface area contributed by atoms with Crippen molar-refractivity contribution in [3.63, 3.8) is 0 Å². The summed E-state index contributed by atoms with van der Waals surface area (Å²) in [6.45, 7) is 7.73. The zero-order chi connectivity index (χ0) is 12.5. The maximum absolute atomic E-state index is 4.59. The molecule has 1 aliphatic heterocycles. The van der Waals surface area contributed by atoms with Crippen molar-refractivity contribution < 1.29 is 0 Å². The molecule has 2 rings (SSSR count). The van der Waals surface area contributed by atoms with Crippen molar-refractivity contribution in [2.45, 2.75) is 26.3 Å². The van der Waals surface area contributed by atoms with Crippen LogP contribution in [0.2, 0.25) is 0 Å². The molecular formula is C13H19N3S. The molecule has 0 aliphatic carbocycles. The summed E-state index contributed by atoms with van der Waals surface area (Å²) in [5.74, 6) is 0. The van der Waals surface area contributed by atoms with Crippen molar-refractivity contribution in [2.75, 3.05) is 17.7 Å². The van der Waals surface area contributed by atoms with Crippen LogP contribution < -0.4 is 4.90 Å². The number of nitrogens with zero attached hydrogens (tertiary/aromatic N) is 3. The predicted octanol–water partition coefficient (Wildman–Crippen LogP) is 3.01. The Morgan fingerprint density at radius 2 is 2.18 bits per heavy atom. The van der Waals surface area contributed by atoms with Crippen molar-refractivity contribution >= 4 is 23.7 Å². The molecule has 0 saturated heterocycles. The lowest BCUT2D eigenvalue weighted by molar-refractivity contribution is 0.407. The quantitative estimate of drug-likeness (QED) is 0.806. The van der Waals surface area contributed by atoms with Crippen LogP contribution >= 0.6 is 11.8 Å². The normalized spacial score (nSPS) is 19.3. The SMILES string of the molecule is CSC1N=Cc2ccncc2N1CC(C)(C)C. The van der Waals surface area contributed by atoms with Crippen LogP contribution in [-0.4, -0.2) is 29.5 Å². The smallest absolute Gasteiger partial charge is 0.168 e. The summed E-state index contributed by atoms with van der Waals surface area (Å²) >= 11 is 1.76. The maximum atomic E-state index is 4.59. The Morgan fingerprint density at radius 3 is 2.82 bits per heavy atom. The first-order valence-electron chi connectivity index (χ1n) is 5.78. The summed E-state index contributed by atoms with van der Waals surface area (Å²) in [6.07, 6.45) is 7.81. The molecule has 0 aromatic carbocycles. The van der Waals surface area contributed by atoms with Gasteiger partial charge in [0.2, 0.25) is 0 Å². The third-order valence-corrected chi connectivity index (χ3v) is 3.40. The van der Waals surface area contributed by atoms with Crippen LogP contribution in [0.3, 0.4) is 0 Å². The van der Waals surface area contributed by atoms with Gasteiger partial charge in [-0.2, -0.15) is 0 Å². The Kier molecular flexibility index (Phi) is 3.43. The van der Waals surface area contributed by atoms with Crippen LogP contribution in [0.15, 0.2) is 23.5 Å². The molecule has 0 radical (unpaired) electrons. The minimum absolute atomic E-state index is 0.172. The fourth-order valence-corrected chi connectivity index (χ4v) is 2.58. The van der Waals surface area contributed by atoms with E-state index in [1.807, 2.05) is 24.7 Å². The average Bonchev–Trinajstić information content (AvgIpc) is 2.28. The van der Waals surface area contributed by atoms with Crippen LogP contribution in [0.4, 0.5) is 5.69 Å². The zero-order valence-electron chi connectivity index (χ0n) is 10.8. The molecule has 1 atom stereocenters. The molecule has 3 nitrogen and oxygen atoms in total. The number of rotatable bonds is 2. The highest BCUT2D eigenvalue weighted by Crippen LogP contribution is 2.32. The summed E-state index contributed by atoms with van der Waals surface area (Å²) in [4.78, 5) is 11.2. The maximum Gasteiger partial charge on any atom is 0.168 e. The second-order valence-corrected chi connectivity index (χ2v) is 6.36. The molecule has 4 heteroatoms. The number of fused-ring (bicyclic) bond motifs is 1. The molecule has 0 spiro atoms. The van der Waals surface area contributed by atoms with Gasteiger partial charge in [0.1, 0.15) is 0 Å². The molecule has 0 N–H and O–H groups in total. The molecule has 0 saturated carbocycles. The number of aliphatic imine (C=N–C) groups is 1. The molecule has 1 aromatic rings. The first-order chi connectivity index (χ1) is 8.01. The van der Waals surface area contributed by atoms with Crippen LogP contribution in [0.5, 0.6) is 0 Å². The van der Waals surface area contributed by atoms with Gasteiger partial charge in [0.05, 0.1) is 11.9 Å². The average molecular weight is 249 g/mol. The topological polar surface area (TPSA) is 28.5 Å². The van der Waals surface area contributed by atoms with E-state index in [1.54, 1.807) is 11.8 Å². The zero-order valence-corrected chi connectivity index (χ0v) is 11.7. The summed E-state index contributed by atoms with van der Waals surface area (Å²) in [5.41, 5.74) is 2.77. The van der Waals surface area contributed by atoms with Crippen molar-refractivity contribution in [2.24, 2.45) is 10.4 Å². The number of pyridine rings is 1. The van der Waals surface area contributed by atoms with Gasteiger partial charge in [-0.25, -0.2) is 0 Å². The molecule has 92 valence electrons. The van der Waals surface area contributed by atoms with E-state index >= 15 is 0 Å². The second kappa shape index (κ2) is 4.69. The lowest BCUT2D eigenvalue weighted by atomic mass is 9.95. The third-order valence-electron chi connectivity index (χ3n) is 2.61. The van der Waals surface area contributed by atoms with Gasteiger partial charge in [-0.3, -0.25) is 9.98 Å². The van der Waals surface area contributed by atoms with Crippen LogP contribution in [0.1, 0.15) is 26.3 Å². The van der Waals surface area contributed by atoms with Gasteiger partial charge < -0.3 is 4.90 Å².